The van der Waals surface area contributed by atoms with Crippen LogP contribution >= 0.6 is 0 Å². The fraction of sp³-hybridized carbons (Fsp3) is 0.552. The summed E-state index contributed by atoms with van der Waals surface area (Å²) in [6.45, 7) is 4.57. The fourth-order valence-corrected chi connectivity index (χ4v) is 6.18. The first kappa shape index (κ1) is 28.7. The number of hydrogen-bond donors (Lipinski definition) is 3. The second kappa shape index (κ2) is 12.4. The van der Waals surface area contributed by atoms with Crippen LogP contribution in [0.1, 0.15) is 91.4 Å². The first-order valence-corrected chi connectivity index (χ1v) is 14.4. The minimum atomic E-state index is -1.22. The zero-order valence-corrected chi connectivity index (χ0v) is 23.5. The van der Waals surface area contributed by atoms with Gasteiger partial charge in [-0.15, -0.1) is 0 Å². The maximum Gasteiger partial charge on any atom is 0.325 e. The van der Waals surface area contributed by atoms with E-state index in [2.05, 4.69) is 20.4 Å². The van der Waals surface area contributed by atoms with Crippen LogP contribution in [0.4, 0.5) is 4.39 Å². The molecule has 1 saturated heterocycles. The van der Waals surface area contributed by atoms with E-state index in [1.807, 2.05) is 0 Å². The van der Waals surface area contributed by atoms with Crippen LogP contribution in [0, 0.1) is 18.7 Å². The van der Waals surface area contributed by atoms with Crippen LogP contribution in [0.3, 0.4) is 0 Å². The highest BCUT2D eigenvalue weighted by Crippen LogP contribution is 2.35. The number of halogens is 1. The quantitative estimate of drug-likeness (QED) is 0.386. The van der Waals surface area contributed by atoms with Crippen LogP contribution in [-0.4, -0.2) is 74.0 Å². The van der Waals surface area contributed by atoms with Gasteiger partial charge in [-0.05, 0) is 31.7 Å². The monoisotopic (exact) mass is 568 g/mol. The Morgan fingerprint density at radius 2 is 1.78 bits per heavy atom. The van der Waals surface area contributed by atoms with Crippen LogP contribution in [0.15, 0.2) is 22.9 Å². The van der Waals surface area contributed by atoms with Crippen molar-refractivity contribution >= 4 is 28.8 Å². The van der Waals surface area contributed by atoms with Gasteiger partial charge >= 0.3 is 5.97 Å². The Morgan fingerprint density at radius 1 is 1.10 bits per heavy atom. The Balaban J connectivity index is 1.47. The van der Waals surface area contributed by atoms with Crippen molar-refractivity contribution in [2.45, 2.75) is 70.9 Å². The normalized spacial score (nSPS) is 19.0. The molecule has 2 atom stereocenters. The predicted molar refractivity (Wildman–Crippen MR) is 148 cm³/mol. The number of carboxylic acids is 1. The van der Waals surface area contributed by atoms with Gasteiger partial charge < -0.3 is 24.8 Å². The largest absolute Gasteiger partial charge is 0.480 e. The van der Waals surface area contributed by atoms with Crippen molar-refractivity contribution in [2.75, 3.05) is 26.2 Å². The van der Waals surface area contributed by atoms with Gasteiger partial charge in [0.2, 0.25) is 5.91 Å². The lowest BCUT2D eigenvalue weighted by Gasteiger charge is -2.37. The lowest BCUT2D eigenvalue weighted by atomic mass is 9.85. The lowest BCUT2D eigenvalue weighted by Crippen LogP contribution is -2.50. The van der Waals surface area contributed by atoms with Crippen molar-refractivity contribution in [3.8, 4) is 0 Å². The number of carbonyl (C=O) groups excluding carboxylic acids is 2. The molecule has 1 aliphatic heterocycles. The molecule has 0 spiro atoms. The van der Waals surface area contributed by atoms with Gasteiger partial charge in [-0.3, -0.25) is 19.3 Å². The highest BCUT2D eigenvalue weighted by atomic mass is 19.1. The van der Waals surface area contributed by atoms with E-state index in [4.69, 9.17) is 4.52 Å². The number of fused-ring (bicyclic) bond motifs is 1. The molecule has 220 valence electrons. The molecule has 3 heterocycles. The number of benzene rings is 1. The summed E-state index contributed by atoms with van der Waals surface area (Å²) in [6.07, 6.45) is 8.59. The summed E-state index contributed by atoms with van der Waals surface area (Å²) in [5.74, 6) is -1.76. The maximum atomic E-state index is 16.1. The molecule has 0 bridgehead atoms. The van der Waals surface area contributed by atoms with Crippen molar-refractivity contribution in [2.24, 2.45) is 5.92 Å². The first-order chi connectivity index (χ1) is 19.7. The number of nitrogens with one attached hydrogen (secondary N) is 2. The molecular formula is C29H37FN6O5. The third kappa shape index (κ3) is 6.12. The predicted octanol–water partition coefficient (Wildman–Crippen LogP) is 4.12. The molecule has 41 heavy (non-hydrogen) atoms. The highest BCUT2D eigenvalue weighted by Gasteiger charge is 2.35. The van der Waals surface area contributed by atoms with Gasteiger partial charge in [-0.2, -0.15) is 0 Å². The number of aliphatic carboxylic acids is 1. The van der Waals surface area contributed by atoms with Crippen molar-refractivity contribution in [3.05, 3.63) is 46.9 Å². The molecule has 1 aliphatic carbocycles. The molecule has 2 fully saturated rings. The molecule has 12 heteroatoms. The Hall–Kier alpha value is -3.80. The van der Waals surface area contributed by atoms with Gasteiger partial charge in [0, 0.05) is 38.7 Å². The van der Waals surface area contributed by atoms with E-state index in [1.165, 1.54) is 25.7 Å². The molecule has 0 radical (unpaired) electrons. The highest BCUT2D eigenvalue weighted by molar-refractivity contribution is 5.95. The Bertz CT molecular complexity index is 1400. The van der Waals surface area contributed by atoms with Crippen LogP contribution < -0.4 is 5.32 Å². The minimum Gasteiger partial charge on any atom is -0.480 e. The number of carbonyl (C=O) groups is 3. The van der Waals surface area contributed by atoms with Gasteiger partial charge in [-0.1, -0.05) is 43.3 Å². The zero-order valence-electron chi connectivity index (χ0n) is 23.5. The van der Waals surface area contributed by atoms with E-state index in [0.29, 0.717) is 48.8 Å². The third-order valence-electron chi connectivity index (χ3n) is 8.49. The maximum absolute atomic E-state index is 16.1. The summed E-state index contributed by atoms with van der Waals surface area (Å²) < 4.78 is 21.0. The number of imidazole rings is 1. The number of H-pyrrole nitrogens is 1. The molecule has 3 N–H and O–H groups in total. The standard InChI is InChI=1S/C29H37FN6O5/c1-17-21(16-41-34-17)28(38)33-24(19-8-6-4-3-5-7-9-19)27-31-22-11-10-20(23(30)25(22)32-27)26(29(39)40)36-14-12-35(13-15-36)18(2)37/h10-11,16,19,24,26H,3-9,12-15H2,1-2H3,(H,31,32)(H,33,38)(H,39,40)/t24-,26-/m1/s1. The van der Waals surface area contributed by atoms with Gasteiger partial charge in [0.25, 0.3) is 5.91 Å². The molecule has 1 aromatic carbocycles. The molecule has 2 aromatic heterocycles. The number of hydrogen-bond acceptors (Lipinski definition) is 7. The summed E-state index contributed by atoms with van der Waals surface area (Å²) in [5, 5.41) is 17.0. The van der Waals surface area contributed by atoms with Gasteiger partial charge in [0.05, 0.1) is 17.3 Å². The zero-order chi connectivity index (χ0) is 29.1. The van der Waals surface area contributed by atoms with Gasteiger partial charge in [0.1, 0.15) is 29.2 Å². The van der Waals surface area contributed by atoms with Crippen LogP contribution in [0.5, 0.6) is 0 Å². The second-order valence-corrected chi connectivity index (χ2v) is 11.1. The fourth-order valence-electron chi connectivity index (χ4n) is 6.18. The Labute approximate surface area is 237 Å². The smallest absolute Gasteiger partial charge is 0.325 e. The van der Waals surface area contributed by atoms with E-state index in [9.17, 15) is 19.5 Å². The number of carboxylic acid groups (broad SMARTS) is 1. The molecule has 3 aromatic rings. The van der Waals surface area contributed by atoms with Gasteiger partial charge in [0.15, 0.2) is 5.82 Å². The summed E-state index contributed by atoms with van der Waals surface area (Å²) >= 11 is 0. The first-order valence-electron chi connectivity index (χ1n) is 14.4. The summed E-state index contributed by atoms with van der Waals surface area (Å²) in [7, 11) is 0. The van der Waals surface area contributed by atoms with E-state index >= 15 is 4.39 Å². The third-order valence-corrected chi connectivity index (χ3v) is 8.49. The topological polar surface area (TPSA) is 145 Å². The van der Waals surface area contributed by atoms with E-state index in [0.717, 1.165) is 38.5 Å². The Morgan fingerprint density at radius 3 is 2.39 bits per heavy atom. The van der Waals surface area contributed by atoms with Crippen LogP contribution in [-0.2, 0) is 9.59 Å². The SMILES string of the molecule is CC(=O)N1CCN([C@@H](C(=O)O)c2ccc3[nH]c([C@H](NC(=O)c4conc4C)C4CCCCCCC4)nc3c2F)CC1. The summed E-state index contributed by atoms with van der Waals surface area (Å²) in [6, 6.07) is 1.42. The van der Waals surface area contributed by atoms with E-state index in [-0.39, 0.29) is 28.8 Å². The van der Waals surface area contributed by atoms with Crippen molar-refractivity contribution < 1.29 is 28.4 Å². The number of aryl methyl sites for hydroxylation is 1. The lowest BCUT2D eigenvalue weighted by molar-refractivity contribution is -0.145. The summed E-state index contributed by atoms with van der Waals surface area (Å²) in [5.41, 5.74) is 1.30. The average molecular weight is 569 g/mol. The van der Waals surface area contributed by atoms with E-state index in [1.54, 1.807) is 22.8 Å². The molecule has 2 aliphatic rings. The molecule has 11 nitrogen and oxygen atoms in total. The van der Waals surface area contributed by atoms with Gasteiger partial charge in [-0.25, -0.2) is 9.37 Å². The number of amides is 2. The minimum absolute atomic E-state index is 0.0194. The Kier molecular flexibility index (Phi) is 8.67. The number of aromatic nitrogens is 3. The van der Waals surface area contributed by atoms with Crippen LogP contribution in [0.2, 0.25) is 0 Å². The molecule has 5 rings (SSSR count). The van der Waals surface area contributed by atoms with E-state index < -0.39 is 23.9 Å². The average Bonchev–Trinajstić information content (AvgIpc) is 3.56. The van der Waals surface area contributed by atoms with Crippen molar-refractivity contribution in [1.82, 2.24) is 30.2 Å². The number of aromatic amines is 1. The molecule has 0 unspecified atom stereocenters. The van der Waals surface area contributed by atoms with Crippen molar-refractivity contribution in [1.29, 1.82) is 0 Å². The van der Waals surface area contributed by atoms with Crippen LogP contribution in [0.25, 0.3) is 11.0 Å². The number of nitrogens with zero attached hydrogens (tertiary/aromatic N) is 4. The van der Waals surface area contributed by atoms with Crippen molar-refractivity contribution in [3.63, 3.8) is 0 Å². The summed E-state index contributed by atoms with van der Waals surface area (Å²) in [4.78, 5) is 48.5. The molecule has 1 saturated carbocycles. The second-order valence-electron chi connectivity index (χ2n) is 11.1. The number of piperazine rings is 1. The number of rotatable bonds is 7. The molecular weight excluding hydrogens is 531 g/mol. The molecule has 2 amide bonds.